The molecule has 1 N–H and O–H groups in total. The Morgan fingerprint density at radius 3 is 3.12 bits per heavy atom. The molecule has 0 saturated heterocycles. The molecule has 2 unspecified atom stereocenters. The fourth-order valence-electron chi connectivity index (χ4n) is 2.51. The fourth-order valence-corrected chi connectivity index (χ4v) is 3.31. The smallest absolute Gasteiger partial charge is 0.0522 e. The molecule has 17 heavy (non-hydrogen) atoms. The van der Waals surface area contributed by atoms with Gasteiger partial charge in [-0.05, 0) is 38.0 Å². The Labute approximate surface area is 108 Å². The molecular weight excluding hydrogens is 230 g/mol. The fraction of sp³-hybridized carbons (Fsp3) is 0.769. The Morgan fingerprint density at radius 1 is 1.53 bits per heavy atom. The molecule has 2 rings (SSSR count). The van der Waals surface area contributed by atoms with E-state index in [0.29, 0.717) is 6.04 Å². The van der Waals surface area contributed by atoms with Crippen molar-refractivity contribution in [3.8, 4) is 0 Å². The summed E-state index contributed by atoms with van der Waals surface area (Å²) < 4.78 is 2.12. The monoisotopic (exact) mass is 253 g/mol. The predicted molar refractivity (Wildman–Crippen MR) is 74.3 cm³/mol. The Morgan fingerprint density at radius 2 is 2.41 bits per heavy atom. The van der Waals surface area contributed by atoms with Gasteiger partial charge in [0.05, 0.1) is 5.69 Å². The second-order valence-corrected chi connectivity index (χ2v) is 5.93. The van der Waals surface area contributed by atoms with E-state index in [0.717, 1.165) is 24.8 Å². The third-order valence-electron chi connectivity index (χ3n) is 3.53. The van der Waals surface area contributed by atoms with Gasteiger partial charge in [-0.25, -0.2) is 0 Å². The topological polar surface area (TPSA) is 29.9 Å². The zero-order valence-electron chi connectivity index (χ0n) is 10.9. The minimum atomic E-state index is 0.706. The predicted octanol–water partition coefficient (Wildman–Crippen LogP) is 2.67. The highest BCUT2D eigenvalue weighted by Gasteiger charge is 2.23. The highest BCUT2D eigenvalue weighted by Crippen LogP contribution is 2.28. The number of hydrogen-bond acceptors (Lipinski definition) is 3. The summed E-state index contributed by atoms with van der Waals surface area (Å²) in [5, 5.41) is 8.90. The molecule has 1 saturated carbocycles. The molecule has 3 nitrogen and oxygen atoms in total. The van der Waals surface area contributed by atoms with Crippen molar-refractivity contribution in [1.82, 2.24) is 15.1 Å². The average molecular weight is 253 g/mol. The van der Waals surface area contributed by atoms with Crippen molar-refractivity contribution in [2.24, 2.45) is 0 Å². The van der Waals surface area contributed by atoms with Crippen LogP contribution >= 0.6 is 11.8 Å². The second kappa shape index (κ2) is 6.45. The zero-order chi connectivity index (χ0) is 12.1. The lowest BCUT2D eigenvalue weighted by molar-refractivity contribution is 0.491. The van der Waals surface area contributed by atoms with Crippen LogP contribution in [0.15, 0.2) is 12.3 Å². The Bertz CT molecular complexity index is 337. The first-order valence-electron chi connectivity index (χ1n) is 6.60. The van der Waals surface area contributed by atoms with Crippen molar-refractivity contribution < 1.29 is 0 Å². The van der Waals surface area contributed by atoms with Gasteiger partial charge >= 0.3 is 0 Å². The summed E-state index contributed by atoms with van der Waals surface area (Å²) >= 11 is 2.01. The van der Waals surface area contributed by atoms with E-state index in [1.807, 2.05) is 18.0 Å². The molecule has 96 valence electrons. The van der Waals surface area contributed by atoms with Crippen molar-refractivity contribution >= 4 is 11.8 Å². The highest BCUT2D eigenvalue weighted by molar-refractivity contribution is 7.99. The molecule has 0 aromatic carbocycles. The standard InChI is InChI=1S/C13H23N3S/c1-3-8-16-12(6-7-15-16)10-14-11-4-5-13(9-11)17-2/h6-7,11,13-14H,3-5,8-10H2,1-2H3. The third-order valence-corrected chi connectivity index (χ3v) is 4.62. The van der Waals surface area contributed by atoms with Crippen LogP contribution in [0.4, 0.5) is 0 Å². The first kappa shape index (κ1) is 13.0. The molecule has 1 fully saturated rings. The largest absolute Gasteiger partial charge is 0.308 e. The maximum absolute atomic E-state index is 4.35. The van der Waals surface area contributed by atoms with Crippen LogP contribution in [0.25, 0.3) is 0 Å². The lowest BCUT2D eigenvalue weighted by atomic mass is 10.2. The highest BCUT2D eigenvalue weighted by atomic mass is 32.2. The summed E-state index contributed by atoms with van der Waals surface area (Å²) in [5.41, 5.74) is 1.32. The summed E-state index contributed by atoms with van der Waals surface area (Å²) in [6.07, 6.45) is 9.30. The van der Waals surface area contributed by atoms with E-state index in [1.165, 1.54) is 25.0 Å². The van der Waals surface area contributed by atoms with Gasteiger partial charge in [-0.3, -0.25) is 4.68 Å². The number of aryl methyl sites for hydroxylation is 1. The first-order chi connectivity index (χ1) is 8.33. The van der Waals surface area contributed by atoms with E-state index < -0.39 is 0 Å². The van der Waals surface area contributed by atoms with Gasteiger partial charge in [-0.1, -0.05) is 6.92 Å². The van der Waals surface area contributed by atoms with E-state index >= 15 is 0 Å². The van der Waals surface area contributed by atoms with Crippen molar-refractivity contribution in [2.45, 2.75) is 57.0 Å². The number of nitrogens with zero attached hydrogens (tertiary/aromatic N) is 2. The normalized spacial score (nSPS) is 24.4. The van der Waals surface area contributed by atoms with Crippen LogP contribution < -0.4 is 5.32 Å². The van der Waals surface area contributed by atoms with E-state index in [9.17, 15) is 0 Å². The molecule has 0 radical (unpaired) electrons. The van der Waals surface area contributed by atoms with Crippen LogP contribution in [0.1, 0.15) is 38.3 Å². The molecule has 4 heteroatoms. The lowest BCUT2D eigenvalue weighted by Crippen LogP contribution is -2.27. The molecule has 0 spiro atoms. The number of nitrogens with one attached hydrogen (secondary N) is 1. The number of thioether (sulfide) groups is 1. The molecule has 1 aliphatic rings. The van der Waals surface area contributed by atoms with Gasteiger partial charge in [0.15, 0.2) is 0 Å². The van der Waals surface area contributed by atoms with Crippen LogP contribution in [0.3, 0.4) is 0 Å². The quantitative estimate of drug-likeness (QED) is 0.845. The molecule has 1 aliphatic carbocycles. The van der Waals surface area contributed by atoms with Crippen molar-refractivity contribution in [3.05, 3.63) is 18.0 Å². The summed E-state index contributed by atoms with van der Waals surface area (Å²) in [5.74, 6) is 0. The number of aromatic nitrogens is 2. The molecule has 2 atom stereocenters. The van der Waals surface area contributed by atoms with Gasteiger partial charge in [0.25, 0.3) is 0 Å². The summed E-state index contributed by atoms with van der Waals surface area (Å²) in [6.45, 7) is 4.19. The Balaban J connectivity index is 1.79. The van der Waals surface area contributed by atoms with Gasteiger partial charge in [0.1, 0.15) is 0 Å². The van der Waals surface area contributed by atoms with Crippen LogP contribution in [0.2, 0.25) is 0 Å². The minimum absolute atomic E-state index is 0.706. The van der Waals surface area contributed by atoms with Gasteiger partial charge in [0, 0.05) is 30.6 Å². The Kier molecular flexibility index (Phi) is 4.92. The Hall–Kier alpha value is -0.480. The van der Waals surface area contributed by atoms with E-state index in [-0.39, 0.29) is 0 Å². The molecular formula is C13H23N3S. The zero-order valence-corrected chi connectivity index (χ0v) is 11.7. The second-order valence-electron chi connectivity index (χ2n) is 4.79. The van der Waals surface area contributed by atoms with Crippen LogP contribution in [-0.4, -0.2) is 27.3 Å². The number of rotatable bonds is 6. The maximum atomic E-state index is 4.35. The lowest BCUT2D eigenvalue weighted by Gasteiger charge is -2.13. The molecule has 1 heterocycles. The molecule has 1 aromatic rings. The maximum Gasteiger partial charge on any atom is 0.0522 e. The molecule has 1 aromatic heterocycles. The van der Waals surface area contributed by atoms with E-state index in [4.69, 9.17) is 0 Å². The summed E-state index contributed by atoms with van der Waals surface area (Å²) in [7, 11) is 0. The van der Waals surface area contributed by atoms with E-state index in [2.05, 4.69) is 34.3 Å². The van der Waals surface area contributed by atoms with Gasteiger partial charge in [-0.2, -0.15) is 16.9 Å². The van der Waals surface area contributed by atoms with Gasteiger partial charge in [0.2, 0.25) is 0 Å². The van der Waals surface area contributed by atoms with Crippen LogP contribution in [-0.2, 0) is 13.1 Å². The van der Waals surface area contributed by atoms with Crippen molar-refractivity contribution in [2.75, 3.05) is 6.26 Å². The SMILES string of the molecule is CCCn1nccc1CNC1CCC(SC)C1. The summed E-state index contributed by atoms with van der Waals surface area (Å²) in [6, 6.07) is 2.83. The average Bonchev–Trinajstić information content (AvgIpc) is 2.95. The van der Waals surface area contributed by atoms with Gasteiger partial charge < -0.3 is 5.32 Å². The minimum Gasteiger partial charge on any atom is -0.308 e. The van der Waals surface area contributed by atoms with Crippen LogP contribution in [0, 0.1) is 0 Å². The van der Waals surface area contributed by atoms with E-state index in [1.54, 1.807) is 0 Å². The van der Waals surface area contributed by atoms with Crippen molar-refractivity contribution in [1.29, 1.82) is 0 Å². The molecule has 0 amide bonds. The van der Waals surface area contributed by atoms with Crippen LogP contribution in [0.5, 0.6) is 0 Å². The molecule has 0 aliphatic heterocycles. The molecule has 0 bridgehead atoms. The summed E-state index contributed by atoms with van der Waals surface area (Å²) in [4.78, 5) is 0. The number of hydrogen-bond donors (Lipinski definition) is 1. The third kappa shape index (κ3) is 3.49. The van der Waals surface area contributed by atoms with Gasteiger partial charge in [-0.15, -0.1) is 0 Å². The first-order valence-corrected chi connectivity index (χ1v) is 7.89. The van der Waals surface area contributed by atoms with Crippen molar-refractivity contribution in [3.63, 3.8) is 0 Å².